The van der Waals surface area contributed by atoms with Crippen LogP contribution in [0.2, 0.25) is 0 Å². The van der Waals surface area contributed by atoms with E-state index in [2.05, 4.69) is 26.3 Å². The summed E-state index contributed by atoms with van der Waals surface area (Å²) in [6.07, 6.45) is 15.0. The van der Waals surface area contributed by atoms with Gasteiger partial charge >= 0.3 is 0 Å². The highest BCUT2D eigenvalue weighted by Crippen LogP contribution is 2.52. The second-order valence-corrected chi connectivity index (χ2v) is 8.86. The highest BCUT2D eigenvalue weighted by molar-refractivity contribution is 5.51. The number of aliphatic hydroxyl groups is 1. The fourth-order valence-corrected chi connectivity index (χ4v) is 4.08. The lowest BCUT2D eigenvalue weighted by molar-refractivity contribution is -0.104. The van der Waals surface area contributed by atoms with Crippen molar-refractivity contribution < 1.29 is 14.2 Å². The smallest absolute Gasteiger partial charge is 0.255 e. The molecular formula is C21H26FN5O2. The van der Waals surface area contributed by atoms with Gasteiger partial charge in [-0.3, -0.25) is 4.68 Å². The molecule has 2 heterocycles. The van der Waals surface area contributed by atoms with Crippen LogP contribution >= 0.6 is 0 Å². The molecule has 2 aromatic heterocycles. The molecule has 3 fully saturated rings. The summed E-state index contributed by atoms with van der Waals surface area (Å²) in [5, 5.41) is 17.6. The third kappa shape index (κ3) is 3.92. The fraction of sp³-hybridized carbons (Fsp3) is 0.571. The minimum atomic E-state index is -0.598. The Kier molecular flexibility index (Phi) is 4.74. The van der Waals surface area contributed by atoms with Gasteiger partial charge < -0.3 is 15.2 Å². The van der Waals surface area contributed by atoms with Crippen LogP contribution in [0.4, 0.5) is 16.0 Å². The minimum absolute atomic E-state index is 0.00257. The maximum absolute atomic E-state index is 14.2. The van der Waals surface area contributed by atoms with Gasteiger partial charge in [0.15, 0.2) is 0 Å². The normalized spacial score (nSPS) is 26.2. The molecule has 0 aliphatic heterocycles. The van der Waals surface area contributed by atoms with E-state index < -0.39 is 17.0 Å². The molecule has 2 aromatic rings. The van der Waals surface area contributed by atoms with E-state index in [4.69, 9.17) is 11.2 Å². The van der Waals surface area contributed by atoms with E-state index in [1.165, 1.54) is 0 Å². The van der Waals surface area contributed by atoms with Gasteiger partial charge in [0.25, 0.3) is 5.88 Å². The van der Waals surface area contributed by atoms with Gasteiger partial charge in [0.05, 0.1) is 36.5 Å². The molecule has 2 N–H and O–H groups in total. The zero-order valence-electron chi connectivity index (χ0n) is 16.8. The topological polar surface area (TPSA) is 85.1 Å². The number of ether oxygens (including phenoxy) is 1. The third-order valence-electron chi connectivity index (χ3n) is 6.35. The van der Waals surface area contributed by atoms with E-state index in [0.717, 1.165) is 44.7 Å². The lowest BCUT2D eigenvalue weighted by atomic mass is 9.59. The van der Waals surface area contributed by atoms with Gasteiger partial charge in [-0.1, -0.05) is 5.92 Å². The highest BCUT2D eigenvalue weighted by atomic mass is 19.1. The van der Waals surface area contributed by atoms with E-state index in [9.17, 15) is 9.50 Å². The Morgan fingerprint density at radius 3 is 2.62 bits per heavy atom. The Morgan fingerprint density at radius 1 is 1.28 bits per heavy atom. The lowest BCUT2D eigenvalue weighted by Gasteiger charge is -2.50. The minimum Gasteiger partial charge on any atom is -0.475 e. The largest absolute Gasteiger partial charge is 0.475 e. The molecule has 0 saturated heterocycles. The first-order valence-electron chi connectivity index (χ1n) is 9.90. The predicted octanol–water partition coefficient (Wildman–Crippen LogP) is 3.39. The average Bonchev–Trinajstić information content (AvgIpc) is 3.19. The summed E-state index contributed by atoms with van der Waals surface area (Å²) in [5.41, 5.74) is -0.429. The summed E-state index contributed by atoms with van der Waals surface area (Å²) in [6, 6.07) is 0. The molecule has 8 heteroatoms. The second-order valence-electron chi connectivity index (χ2n) is 8.86. The van der Waals surface area contributed by atoms with Crippen LogP contribution in [-0.4, -0.2) is 37.1 Å². The summed E-state index contributed by atoms with van der Waals surface area (Å²) in [6.45, 7) is 4.15. The molecule has 0 spiro atoms. The molecule has 0 aromatic carbocycles. The van der Waals surface area contributed by atoms with Crippen LogP contribution in [0.3, 0.4) is 0 Å². The average molecular weight is 399 g/mol. The van der Waals surface area contributed by atoms with Gasteiger partial charge in [-0.15, -0.1) is 6.42 Å². The van der Waals surface area contributed by atoms with Crippen molar-refractivity contribution in [2.24, 2.45) is 5.41 Å². The number of hydrogen-bond donors (Lipinski definition) is 2. The van der Waals surface area contributed by atoms with Crippen LogP contribution in [-0.2, 0) is 5.54 Å². The zero-order valence-corrected chi connectivity index (χ0v) is 16.8. The van der Waals surface area contributed by atoms with E-state index >= 15 is 0 Å². The summed E-state index contributed by atoms with van der Waals surface area (Å²) in [5.74, 6) is 2.22. The Hall–Kier alpha value is -2.66. The molecule has 3 aliphatic rings. The Morgan fingerprint density at radius 2 is 1.97 bits per heavy atom. The maximum Gasteiger partial charge on any atom is 0.255 e. The van der Waals surface area contributed by atoms with Gasteiger partial charge in [-0.2, -0.15) is 14.5 Å². The number of halogens is 1. The summed E-state index contributed by atoms with van der Waals surface area (Å²) < 4.78 is 21.7. The van der Waals surface area contributed by atoms with Crippen molar-refractivity contribution in [3.05, 3.63) is 24.4 Å². The lowest BCUT2D eigenvalue weighted by Crippen LogP contribution is -2.48. The van der Waals surface area contributed by atoms with Crippen molar-refractivity contribution in [2.75, 3.05) is 11.9 Å². The van der Waals surface area contributed by atoms with Gasteiger partial charge in [0.1, 0.15) is 5.54 Å². The molecule has 3 aliphatic carbocycles. The SMILES string of the molecule is C#CC(C)(C)n1cc(Nc2ncc(F)c(OCC34CCC(O)(CC3)CC4)n2)cn1. The summed E-state index contributed by atoms with van der Waals surface area (Å²) in [4.78, 5) is 8.18. The number of rotatable bonds is 6. The zero-order chi connectivity index (χ0) is 20.7. The van der Waals surface area contributed by atoms with Crippen molar-refractivity contribution in [1.29, 1.82) is 0 Å². The first kappa shape index (κ1) is 19.6. The predicted molar refractivity (Wildman–Crippen MR) is 106 cm³/mol. The number of aromatic nitrogens is 4. The number of terminal acetylenes is 1. The molecule has 0 unspecified atom stereocenters. The van der Waals surface area contributed by atoms with Crippen LogP contribution in [0.5, 0.6) is 5.88 Å². The monoisotopic (exact) mass is 399 g/mol. The van der Waals surface area contributed by atoms with Gasteiger partial charge in [0, 0.05) is 5.41 Å². The number of nitrogens with zero attached hydrogens (tertiary/aromatic N) is 4. The quantitative estimate of drug-likeness (QED) is 0.725. The van der Waals surface area contributed by atoms with E-state index in [1.54, 1.807) is 17.1 Å². The van der Waals surface area contributed by atoms with E-state index in [0.29, 0.717) is 12.3 Å². The molecule has 3 saturated carbocycles. The molecular weight excluding hydrogens is 373 g/mol. The van der Waals surface area contributed by atoms with Gasteiger partial charge in [-0.25, -0.2) is 4.98 Å². The maximum atomic E-state index is 14.2. The van der Waals surface area contributed by atoms with Crippen LogP contribution in [0.25, 0.3) is 0 Å². The molecule has 154 valence electrons. The summed E-state index contributed by atoms with van der Waals surface area (Å²) >= 11 is 0. The van der Waals surface area contributed by atoms with Crippen molar-refractivity contribution in [1.82, 2.24) is 19.7 Å². The molecule has 2 bridgehead atoms. The number of nitrogens with one attached hydrogen (secondary N) is 1. The second kappa shape index (κ2) is 6.99. The molecule has 5 rings (SSSR count). The highest BCUT2D eigenvalue weighted by Gasteiger charge is 2.48. The Bertz CT molecular complexity index is 924. The molecule has 7 nitrogen and oxygen atoms in total. The molecule has 0 radical (unpaired) electrons. The molecule has 0 amide bonds. The number of fused-ring (bicyclic) bond motifs is 3. The van der Waals surface area contributed by atoms with Crippen LogP contribution in [0, 0.1) is 23.6 Å². The molecule has 0 atom stereocenters. The molecule has 29 heavy (non-hydrogen) atoms. The van der Waals surface area contributed by atoms with Crippen molar-refractivity contribution in [3.63, 3.8) is 0 Å². The number of anilines is 2. The van der Waals surface area contributed by atoms with Gasteiger partial charge in [0.2, 0.25) is 11.8 Å². The van der Waals surface area contributed by atoms with Crippen LogP contribution < -0.4 is 10.1 Å². The number of hydrogen-bond acceptors (Lipinski definition) is 6. The fourth-order valence-electron chi connectivity index (χ4n) is 4.08. The van der Waals surface area contributed by atoms with E-state index in [1.807, 2.05) is 13.8 Å². The summed E-state index contributed by atoms with van der Waals surface area (Å²) in [7, 11) is 0. The van der Waals surface area contributed by atoms with E-state index in [-0.39, 0.29) is 17.2 Å². The van der Waals surface area contributed by atoms with Crippen molar-refractivity contribution in [2.45, 2.75) is 63.5 Å². The first-order chi connectivity index (χ1) is 13.7. The Balaban J connectivity index is 1.44. The first-order valence-corrected chi connectivity index (χ1v) is 9.90. The van der Waals surface area contributed by atoms with Crippen molar-refractivity contribution >= 4 is 11.6 Å². The van der Waals surface area contributed by atoms with Crippen LogP contribution in [0.15, 0.2) is 18.6 Å². The standard InChI is InChI=1S/C21H26FN5O2/c1-4-19(2,3)27-13-15(11-24-27)25-18-23-12-16(22)17(26-18)29-14-20-5-8-21(28,9-6-20)10-7-20/h1,11-13,28H,5-10,14H2,2-3H3,(H,23,25,26). The third-order valence-corrected chi connectivity index (χ3v) is 6.35. The van der Waals surface area contributed by atoms with Crippen molar-refractivity contribution in [3.8, 4) is 18.2 Å². The van der Waals surface area contributed by atoms with Gasteiger partial charge in [-0.05, 0) is 52.4 Å². The Labute approximate surface area is 169 Å². The van der Waals surface area contributed by atoms with Crippen LogP contribution in [0.1, 0.15) is 52.4 Å².